The first-order valence-electron chi connectivity index (χ1n) is 8.86. The molecule has 1 N–H and O–H groups in total. The molecule has 8 heteroatoms. The van der Waals surface area contributed by atoms with Crippen molar-refractivity contribution in [3.05, 3.63) is 22.3 Å². The second-order valence-corrected chi connectivity index (χ2v) is 8.36. The van der Waals surface area contributed by atoms with E-state index in [9.17, 15) is 4.79 Å². The van der Waals surface area contributed by atoms with Gasteiger partial charge in [0.25, 0.3) is 0 Å². The van der Waals surface area contributed by atoms with E-state index in [0.29, 0.717) is 29.4 Å². The average molecular weight is 361 g/mol. The van der Waals surface area contributed by atoms with Crippen LogP contribution in [0.3, 0.4) is 0 Å². The third-order valence-electron chi connectivity index (χ3n) is 4.68. The number of likely N-dealkylation sites (N-methyl/N-ethyl adjacent to an activating group) is 1. The predicted octanol–water partition coefficient (Wildman–Crippen LogP) is 2.60. The lowest BCUT2D eigenvalue weighted by Gasteiger charge is -2.15. The Hall–Kier alpha value is -1.80. The van der Waals surface area contributed by atoms with E-state index in [1.807, 2.05) is 11.9 Å². The van der Waals surface area contributed by atoms with Gasteiger partial charge in [0, 0.05) is 10.8 Å². The third kappa shape index (κ3) is 4.07. The molecule has 2 aromatic rings. The second-order valence-electron chi connectivity index (χ2n) is 7.28. The number of amides is 1. The number of anilines is 1. The molecule has 1 saturated carbocycles. The van der Waals surface area contributed by atoms with Crippen molar-refractivity contribution in [2.45, 2.75) is 51.5 Å². The molecular weight excluding hydrogens is 338 g/mol. The zero-order valence-electron chi connectivity index (χ0n) is 14.6. The Morgan fingerprint density at radius 3 is 3.00 bits per heavy atom. The standard InChI is InChI=1S/C17H23N5O2S/c1-10-3-6-12-13(7-10)25-17(18-12)19-14(23)8-22(2)9-15-20-16(21-24-15)11-4-5-11/h10-11H,3-9H2,1-2H3,(H,18,19,23). The van der Waals surface area contributed by atoms with E-state index in [0.717, 1.165) is 37.2 Å². The number of hydrogen-bond donors (Lipinski definition) is 1. The monoisotopic (exact) mass is 361 g/mol. The lowest BCUT2D eigenvalue weighted by atomic mass is 9.93. The number of thiazole rings is 1. The highest BCUT2D eigenvalue weighted by atomic mass is 32.1. The van der Waals surface area contributed by atoms with Crippen molar-refractivity contribution in [3.63, 3.8) is 0 Å². The van der Waals surface area contributed by atoms with Gasteiger partial charge in [-0.1, -0.05) is 12.1 Å². The molecule has 0 radical (unpaired) electrons. The van der Waals surface area contributed by atoms with E-state index in [1.165, 1.54) is 11.3 Å². The van der Waals surface area contributed by atoms with Crippen molar-refractivity contribution in [2.75, 3.05) is 18.9 Å². The van der Waals surface area contributed by atoms with Crippen LogP contribution >= 0.6 is 11.3 Å². The summed E-state index contributed by atoms with van der Waals surface area (Å²) in [6.45, 7) is 3.00. The van der Waals surface area contributed by atoms with Crippen molar-refractivity contribution in [1.82, 2.24) is 20.0 Å². The molecule has 7 nitrogen and oxygen atoms in total. The van der Waals surface area contributed by atoms with Crippen LogP contribution in [0.25, 0.3) is 0 Å². The molecule has 1 amide bonds. The van der Waals surface area contributed by atoms with E-state index in [1.54, 1.807) is 11.3 Å². The maximum absolute atomic E-state index is 12.3. The fourth-order valence-electron chi connectivity index (χ4n) is 3.12. The van der Waals surface area contributed by atoms with E-state index in [-0.39, 0.29) is 12.5 Å². The summed E-state index contributed by atoms with van der Waals surface area (Å²) in [5, 5.41) is 7.64. The van der Waals surface area contributed by atoms with Crippen LogP contribution in [0.4, 0.5) is 5.13 Å². The zero-order chi connectivity index (χ0) is 17.4. The topological polar surface area (TPSA) is 84.2 Å². The summed E-state index contributed by atoms with van der Waals surface area (Å²) in [6, 6.07) is 0. The van der Waals surface area contributed by atoms with Crippen LogP contribution in [0.1, 0.15) is 54.4 Å². The molecule has 0 aliphatic heterocycles. The van der Waals surface area contributed by atoms with Gasteiger partial charge in [-0.25, -0.2) is 4.98 Å². The quantitative estimate of drug-likeness (QED) is 0.851. The molecule has 134 valence electrons. The Bertz CT molecular complexity index is 767. The van der Waals surface area contributed by atoms with Crippen LogP contribution in [-0.2, 0) is 24.2 Å². The lowest BCUT2D eigenvalue weighted by molar-refractivity contribution is -0.117. The van der Waals surface area contributed by atoms with E-state index < -0.39 is 0 Å². The largest absolute Gasteiger partial charge is 0.338 e. The maximum Gasteiger partial charge on any atom is 0.240 e. The van der Waals surface area contributed by atoms with Gasteiger partial charge in [0.1, 0.15) is 0 Å². The molecule has 25 heavy (non-hydrogen) atoms. The first-order valence-corrected chi connectivity index (χ1v) is 9.68. The first kappa shape index (κ1) is 16.7. The molecule has 1 unspecified atom stereocenters. The minimum absolute atomic E-state index is 0.0661. The molecule has 4 rings (SSSR count). The number of carbonyl (C=O) groups excluding carboxylic acids is 1. The van der Waals surface area contributed by atoms with E-state index in [4.69, 9.17) is 4.52 Å². The molecule has 1 atom stereocenters. The Balaban J connectivity index is 1.29. The minimum atomic E-state index is -0.0661. The van der Waals surface area contributed by atoms with Gasteiger partial charge in [-0.15, -0.1) is 11.3 Å². The fraction of sp³-hybridized carbons (Fsp3) is 0.647. The van der Waals surface area contributed by atoms with Crippen molar-refractivity contribution >= 4 is 22.4 Å². The number of nitrogens with one attached hydrogen (secondary N) is 1. The summed E-state index contributed by atoms with van der Waals surface area (Å²) in [6.07, 6.45) is 5.56. The summed E-state index contributed by atoms with van der Waals surface area (Å²) >= 11 is 1.61. The lowest BCUT2D eigenvalue weighted by Crippen LogP contribution is -2.29. The zero-order valence-corrected chi connectivity index (χ0v) is 15.4. The smallest absolute Gasteiger partial charge is 0.240 e. The molecule has 0 bridgehead atoms. The molecule has 0 saturated heterocycles. The fourth-order valence-corrected chi connectivity index (χ4v) is 4.31. The molecule has 2 aromatic heterocycles. The van der Waals surface area contributed by atoms with Gasteiger partial charge in [-0.2, -0.15) is 4.98 Å². The number of aromatic nitrogens is 3. The van der Waals surface area contributed by atoms with Crippen LogP contribution in [-0.4, -0.2) is 39.5 Å². The summed E-state index contributed by atoms with van der Waals surface area (Å²) in [5.41, 5.74) is 1.16. The van der Waals surface area contributed by atoms with Crippen LogP contribution < -0.4 is 5.32 Å². The molecule has 0 aromatic carbocycles. The van der Waals surface area contributed by atoms with Crippen molar-refractivity contribution in [1.29, 1.82) is 0 Å². The summed E-state index contributed by atoms with van der Waals surface area (Å²) in [4.78, 5) is 24.4. The number of hydrogen-bond acceptors (Lipinski definition) is 7. The molecular formula is C17H23N5O2S. The van der Waals surface area contributed by atoms with Gasteiger partial charge in [-0.05, 0) is 45.1 Å². The number of nitrogens with zero attached hydrogens (tertiary/aromatic N) is 4. The predicted molar refractivity (Wildman–Crippen MR) is 94.5 cm³/mol. The van der Waals surface area contributed by atoms with Gasteiger partial charge >= 0.3 is 0 Å². The Labute approximate surface area is 150 Å². The number of aryl methyl sites for hydroxylation is 1. The summed E-state index contributed by atoms with van der Waals surface area (Å²) in [5.74, 6) is 2.48. The SMILES string of the molecule is CC1CCc2nc(NC(=O)CN(C)Cc3nc(C4CC4)no3)sc2C1. The highest BCUT2D eigenvalue weighted by molar-refractivity contribution is 7.15. The van der Waals surface area contributed by atoms with Crippen LogP contribution in [0, 0.1) is 5.92 Å². The highest BCUT2D eigenvalue weighted by Gasteiger charge is 2.29. The summed E-state index contributed by atoms with van der Waals surface area (Å²) < 4.78 is 5.26. The highest BCUT2D eigenvalue weighted by Crippen LogP contribution is 2.38. The van der Waals surface area contributed by atoms with Gasteiger partial charge in [0.05, 0.1) is 18.8 Å². The van der Waals surface area contributed by atoms with Crippen LogP contribution in [0.2, 0.25) is 0 Å². The molecule has 0 spiro atoms. The number of fused-ring (bicyclic) bond motifs is 1. The second kappa shape index (κ2) is 6.84. The first-order chi connectivity index (χ1) is 12.1. The summed E-state index contributed by atoms with van der Waals surface area (Å²) in [7, 11) is 1.87. The van der Waals surface area contributed by atoms with Gasteiger partial charge in [0.15, 0.2) is 11.0 Å². The Morgan fingerprint density at radius 1 is 1.36 bits per heavy atom. The van der Waals surface area contributed by atoms with Gasteiger partial charge < -0.3 is 9.84 Å². The molecule has 2 aliphatic carbocycles. The van der Waals surface area contributed by atoms with Gasteiger partial charge in [0.2, 0.25) is 11.8 Å². The number of rotatable bonds is 6. The average Bonchev–Trinajstić information content (AvgIpc) is 3.17. The van der Waals surface area contributed by atoms with E-state index in [2.05, 4.69) is 27.4 Å². The van der Waals surface area contributed by atoms with Gasteiger partial charge in [-0.3, -0.25) is 9.69 Å². The van der Waals surface area contributed by atoms with Crippen molar-refractivity contribution in [3.8, 4) is 0 Å². The number of carbonyl (C=O) groups is 1. The molecule has 1 fully saturated rings. The Kier molecular flexibility index (Phi) is 4.56. The van der Waals surface area contributed by atoms with Crippen LogP contribution in [0.5, 0.6) is 0 Å². The minimum Gasteiger partial charge on any atom is -0.338 e. The molecule has 2 aliphatic rings. The van der Waals surface area contributed by atoms with Crippen LogP contribution in [0.15, 0.2) is 4.52 Å². The van der Waals surface area contributed by atoms with E-state index >= 15 is 0 Å². The Morgan fingerprint density at radius 2 is 2.20 bits per heavy atom. The third-order valence-corrected chi connectivity index (χ3v) is 5.71. The molecule has 2 heterocycles. The maximum atomic E-state index is 12.3. The van der Waals surface area contributed by atoms with Crippen molar-refractivity contribution in [2.24, 2.45) is 5.92 Å². The normalized spacial score (nSPS) is 19.9. The van der Waals surface area contributed by atoms with Crippen molar-refractivity contribution < 1.29 is 9.32 Å².